The van der Waals surface area contributed by atoms with Crippen LogP contribution >= 0.6 is 0 Å². The Morgan fingerprint density at radius 2 is 1.61 bits per heavy atom. The van der Waals surface area contributed by atoms with Gasteiger partial charge in [-0.15, -0.1) is 0 Å². The minimum atomic E-state index is -3.61. The second-order valence-electron chi connectivity index (χ2n) is 6.16. The quantitative estimate of drug-likeness (QED) is 0.506. The number of para-hydroxylation sites is 1. The van der Waals surface area contributed by atoms with Gasteiger partial charge in [0, 0.05) is 24.8 Å². The maximum atomic E-state index is 12.8. The van der Waals surface area contributed by atoms with Gasteiger partial charge in [0.1, 0.15) is 5.56 Å². The van der Waals surface area contributed by atoms with Gasteiger partial charge in [-0.2, -0.15) is 4.31 Å². The molecule has 0 aliphatic heterocycles. The van der Waals surface area contributed by atoms with E-state index in [-0.39, 0.29) is 16.1 Å². The van der Waals surface area contributed by atoms with Gasteiger partial charge in [0.2, 0.25) is 10.0 Å². The molecular formula is C19H23N3O5S. The number of nitrogens with zero attached hydrogens (tertiary/aromatic N) is 2. The van der Waals surface area contributed by atoms with E-state index in [0.29, 0.717) is 31.6 Å². The van der Waals surface area contributed by atoms with Crippen LogP contribution in [0.5, 0.6) is 0 Å². The third-order valence-corrected chi connectivity index (χ3v) is 5.95. The molecule has 0 saturated heterocycles. The molecule has 0 atom stereocenters. The smallest absolute Gasteiger partial charge is 0.282 e. The van der Waals surface area contributed by atoms with Crippen LogP contribution in [0.1, 0.15) is 37.0 Å². The van der Waals surface area contributed by atoms with Crippen LogP contribution < -0.4 is 5.32 Å². The molecule has 8 nitrogen and oxygen atoms in total. The standard InChI is InChI=1S/C19H23N3O5S/c1-3-13-21(14-4-2)28(26,27)16-11-9-15(10-12-16)20-19(23)17-7-5-6-8-18(17)22(24)25/h5-12H,3-4,13-14H2,1-2H3,(H,20,23). The molecule has 1 N–H and O–H groups in total. The van der Waals surface area contributed by atoms with Gasteiger partial charge in [0.05, 0.1) is 9.82 Å². The summed E-state index contributed by atoms with van der Waals surface area (Å²) in [7, 11) is -3.61. The lowest BCUT2D eigenvalue weighted by Gasteiger charge is -2.21. The van der Waals surface area contributed by atoms with Crippen molar-refractivity contribution in [1.29, 1.82) is 0 Å². The summed E-state index contributed by atoms with van der Waals surface area (Å²) in [6.45, 7) is 4.71. The fourth-order valence-corrected chi connectivity index (χ4v) is 4.36. The first-order chi connectivity index (χ1) is 13.3. The summed E-state index contributed by atoms with van der Waals surface area (Å²) in [5, 5.41) is 13.6. The van der Waals surface area contributed by atoms with Crippen molar-refractivity contribution in [2.24, 2.45) is 0 Å². The zero-order valence-corrected chi connectivity index (χ0v) is 16.6. The zero-order valence-electron chi connectivity index (χ0n) is 15.8. The molecule has 0 aliphatic carbocycles. The van der Waals surface area contributed by atoms with E-state index in [1.807, 2.05) is 13.8 Å². The Morgan fingerprint density at radius 1 is 1.04 bits per heavy atom. The van der Waals surface area contributed by atoms with Gasteiger partial charge >= 0.3 is 0 Å². The number of benzene rings is 2. The number of carbonyl (C=O) groups excluding carboxylic acids is 1. The Balaban J connectivity index is 2.21. The van der Waals surface area contributed by atoms with E-state index >= 15 is 0 Å². The number of rotatable bonds is 9. The van der Waals surface area contributed by atoms with Crippen molar-refractivity contribution in [2.45, 2.75) is 31.6 Å². The molecule has 150 valence electrons. The zero-order chi connectivity index (χ0) is 20.7. The van der Waals surface area contributed by atoms with E-state index in [9.17, 15) is 23.3 Å². The topological polar surface area (TPSA) is 110 Å². The van der Waals surface area contributed by atoms with Crippen molar-refractivity contribution >= 4 is 27.3 Å². The summed E-state index contributed by atoms with van der Waals surface area (Å²) in [6.07, 6.45) is 1.42. The summed E-state index contributed by atoms with van der Waals surface area (Å²) >= 11 is 0. The van der Waals surface area contributed by atoms with Crippen molar-refractivity contribution in [3.63, 3.8) is 0 Å². The molecule has 0 spiro atoms. The molecule has 0 bridgehead atoms. The van der Waals surface area contributed by atoms with Crippen LogP contribution in [0, 0.1) is 10.1 Å². The van der Waals surface area contributed by atoms with E-state index in [1.165, 1.54) is 52.8 Å². The molecule has 2 aromatic rings. The second kappa shape index (κ2) is 9.43. The highest BCUT2D eigenvalue weighted by molar-refractivity contribution is 7.89. The molecule has 0 unspecified atom stereocenters. The molecule has 0 fully saturated rings. The summed E-state index contributed by atoms with van der Waals surface area (Å²) in [5.74, 6) is -0.638. The minimum absolute atomic E-state index is 0.0683. The highest BCUT2D eigenvalue weighted by Crippen LogP contribution is 2.22. The van der Waals surface area contributed by atoms with Crippen LogP contribution in [-0.4, -0.2) is 36.6 Å². The number of anilines is 1. The van der Waals surface area contributed by atoms with Crippen LogP contribution in [0.3, 0.4) is 0 Å². The van der Waals surface area contributed by atoms with Gasteiger partial charge in [-0.05, 0) is 43.2 Å². The summed E-state index contributed by atoms with van der Waals surface area (Å²) in [4.78, 5) is 22.9. The van der Waals surface area contributed by atoms with Crippen LogP contribution in [0.15, 0.2) is 53.4 Å². The predicted octanol–water partition coefficient (Wildman–Crippen LogP) is 3.66. The lowest BCUT2D eigenvalue weighted by Crippen LogP contribution is -2.32. The largest absolute Gasteiger partial charge is 0.322 e. The molecule has 0 heterocycles. The van der Waals surface area contributed by atoms with E-state index in [1.54, 1.807) is 0 Å². The normalized spacial score (nSPS) is 11.4. The Bertz CT molecular complexity index is 936. The summed E-state index contributed by atoms with van der Waals surface area (Å²) < 4.78 is 26.9. The number of carbonyl (C=O) groups is 1. The van der Waals surface area contributed by atoms with E-state index < -0.39 is 20.9 Å². The Labute approximate surface area is 164 Å². The van der Waals surface area contributed by atoms with Crippen molar-refractivity contribution in [1.82, 2.24) is 4.31 Å². The molecule has 2 aromatic carbocycles. The lowest BCUT2D eigenvalue weighted by molar-refractivity contribution is -0.385. The Hall–Kier alpha value is -2.78. The maximum absolute atomic E-state index is 12.8. The van der Waals surface area contributed by atoms with Gasteiger partial charge in [-0.25, -0.2) is 8.42 Å². The summed E-state index contributed by atoms with van der Waals surface area (Å²) in [5.41, 5.74) is -0.0186. The summed E-state index contributed by atoms with van der Waals surface area (Å²) in [6, 6.07) is 11.4. The van der Waals surface area contributed by atoms with Gasteiger partial charge < -0.3 is 5.32 Å². The SMILES string of the molecule is CCCN(CCC)S(=O)(=O)c1ccc(NC(=O)c2ccccc2[N+](=O)[O-])cc1. The number of nitro groups is 1. The van der Waals surface area contributed by atoms with Crippen LogP contribution in [0.4, 0.5) is 11.4 Å². The van der Waals surface area contributed by atoms with E-state index in [2.05, 4.69) is 5.32 Å². The van der Waals surface area contributed by atoms with Crippen molar-refractivity contribution < 1.29 is 18.1 Å². The predicted molar refractivity (Wildman–Crippen MR) is 107 cm³/mol. The van der Waals surface area contributed by atoms with Crippen LogP contribution in [-0.2, 0) is 10.0 Å². The number of hydrogen-bond donors (Lipinski definition) is 1. The number of nitrogens with one attached hydrogen (secondary N) is 1. The first-order valence-corrected chi connectivity index (χ1v) is 10.4. The third kappa shape index (κ3) is 4.93. The molecule has 0 radical (unpaired) electrons. The number of amides is 1. The molecule has 1 amide bonds. The van der Waals surface area contributed by atoms with Crippen LogP contribution in [0.2, 0.25) is 0 Å². The molecular weight excluding hydrogens is 382 g/mol. The maximum Gasteiger partial charge on any atom is 0.282 e. The molecule has 2 rings (SSSR count). The van der Waals surface area contributed by atoms with E-state index in [0.717, 1.165) is 0 Å². The van der Waals surface area contributed by atoms with Gasteiger partial charge in [-0.3, -0.25) is 14.9 Å². The van der Waals surface area contributed by atoms with Gasteiger partial charge in [0.25, 0.3) is 11.6 Å². The molecule has 9 heteroatoms. The van der Waals surface area contributed by atoms with E-state index in [4.69, 9.17) is 0 Å². The first-order valence-electron chi connectivity index (χ1n) is 8.96. The third-order valence-electron chi connectivity index (χ3n) is 4.04. The Morgan fingerprint density at radius 3 is 2.14 bits per heavy atom. The molecule has 0 saturated carbocycles. The molecule has 0 aromatic heterocycles. The first kappa shape index (κ1) is 21.5. The fourth-order valence-electron chi connectivity index (χ4n) is 2.73. The average Bonchev–Trinajstić information content (AvgIpc) is 2.68. The number of sulfonamides is 1. The number of nitro benzene ring substituents is 1. The van der Waals surface area contributed by atoms with Crippen molar-refractivity contribution in [2.75, 3.05) is 18.4 Å². The number of hydrogen-bond acceptors (Lipinski definition) is 5. The second-order valence-corrected chi connectivity index (χ2v) is 8.09. The fraction of sp³-hybridized carbons (Fsp3) is 0.316. The van der Waals surface area contributed by atoms with Gasteiger partial charge in [0.15, 0.2) is 0 Å². The highest BCUT2D eigenvalue weighted by Gasteiger charge is 2.23. The molecule has 0 aliphatic rings. The molecule has 28 heavy (non-hydrogen) atoms. The Kier molecular flexibility index (Phi) is 7.24. The lowest BCUT2D eigenvalue weighted by atomic mass is 10.1. The minimum Gasteiger partial charge on any atom is -0.322 e. The average molecular weight is 405 g/mol. The van der Waals surface area contributed by atoms with Crippen molar-refractivity contribution in [3.8, 4) is 0 Å². The monoisotopic (exact) mass is 405 g/mol. The van der Waals surface area contributed by atoms with Crippen molar-refractivity contribution in [3.05, 3.63) is 64.2 Å². The van der Waals surface area contributed by atoms with Crippen LogP contribution in [0.25, 0.3) is 0 Å². The van der Waals surface area contributed by atoms with Gasteiger partial charge in [-0.1, -0.05) is 26.0 Å². The highest BCUT2D eigenvalue weighted by atomic mass is 32.2.